The van der Waals surface area contributed by atoms with E-state index in [9.17, 15) is 18.0 Å². The summed E-state index contributed by atoms with van der Waals surface area (Å²) >= 11 is 6.27. The van der Waals surface area contributed by atoms with Crippen molar-refractivity contribution in [1.82, 2.24) is 25.0 Å². The Morgan fingerprint density at radius 2 is 2.06 bits per heavy atom. The first-order chi connectivity index (χ1) is 17.0. The minimum Gasteiger partial charge on any atom is -0.383 e. The van der Waals surface area contributed by atoms with Crippen LogP contribution in [0.2, 0.25) is 5.02 Å². The third-order valence-electron chi connectivity index (χ3n) is 6.86. The number of nitrogens with zero attached hydrogens (tertiary/aromatic N) is 5. The number of anilines is 1. The maximum Gasteiger partial charge on any atom is 0.419 e. The molecule has 4 heterocycles. The van der Waals surface area contributed by atoms with Gasteiger partial charge in [0.25, 0.3) is 0 Å². The number of carbonyl (C=O) groups excluding carboxylic acids is 1. The highest BCUT2D eigenvalue weighted by Gasteiger charge is 2.51. The van der Waals surface area contributed by atoms with Gasteiger partial charge in [0.2, 0.25) is 0 Å². The molecule has 0 radical (unpaired) electrons. The average molecular weight is 516 g/mol. The van der Waals surface area contributed by atoms with Gasteiger partial charge in [-0.2, -0.15) is 23.5 Å². The Balaban J connectivity index is 1.29. The number of hydrogen-bond acceptors (Lipinski definition) is 5. The molecule has 2 aromatic heterocycles. The lowest BCUT2D eigenvalue weighted by molar-refractivity contribution is -0.137. The summed E-state index contributed by atoms with van der Waals surface area (Å²) in [6, 6.07) is 9.07. The Labute approximate surface area is 209 Å². The molecule has 0 aliphatic carbocycles. The Morgan fingerprint density at radius 1 is 1.31 bits per heavy atom. The van der Waals surface area contributed by atoms with Crippen molar-refractivity contribution >= 4 is 23.4 Å². The highest BCUT2D eigenvalue weighted by atomic mass is 35.5. The molecule has 2 aliphatic rings. The SMILES string of the molecule is C[C@@H](NC(=O)N1CC2(CCn3nc(-c4cnc(N)c(C(F)(F)F)c4)cc32)C1)c1ccc(C#N)cc1Cl. The van der Waals surface area contributed by atoms with Crippen LogP contribution in [0.25, 0.3) is 11.3 Å². The molecule has 1 atom stereocenters. The summed E-state index contributed by atoms with van der Waals surface area (Å²) in [5, 5.41) is 16.8. The fourth-order valence-corrected chi connectivity index (χ4v) is 5.24. The zero-order valence-corrected chi connectivity index (χ0v) is 19.9. The summed E-state index contributed by atoms with van der Waals surface area (Å²) in [7, 11) is 0. The van der Waals surface area contributed by atoms with Crippen molar-refractivity contribution in [2.24, 2.45) is 0 Å². The van der Waals surface area contributed by atoms with Gasteiger partial charge >= 0.3 is 12.2 Å². The number of fused-ring (bicyclic) bond motifs is 2. The van der Waals surface area contributed by atoms with Gasteiger partial charge in [-0.15, -0.1) is 0 Å². The van der Waals surface area contributed by atoms with Crippen LogP contribution in [0.1, 0.15) is 41.8 Å². The third-order valence-corrected chi connectivity index (χ3v) is 7.18. The number of nitriles is 1. The number of halogens is 4. The van der Waals surface area contributed by atoms with Crippen molar-refractivity contribution in [3.05, 3.63) is 63.9 Å². The van der Waals surface area contributed by atoms with Crippen molar-refractivity contribution in [2.75, 3.05) is 18.8 Å². The van der Waals surface area contributed by atoms with Crippen LogP contribution in [0, 0.1) is 11.3 Å². The van der Waals surface area contributed by atoms with Gasteiger partial charge in [-0.05, 0) is 43.2 Å². The first-order valence-electron chi connectivity index (χ1n) is 11.2. The monoisotopic (exact) mass is 515 g/mol. The summed E-state index contributed by atoms with van der Waals surface area (Å²) in [4.78, 5) is 18.2. The predicted octanol–water partition coefficient (Wildman–Crippen LogP) is 4.50. The number of nitrogens with two attached hydrogens (primary N) is 1. The lowest BCUT2D eigenvalue weighted by Gasteiger charge is -2.47. The topological polar surface area (TPSA) is 113 Å². The van der Waals surface area contributed by atoms with E-state index in [1.807, 2.05) is 13.0 Å². The fourth-order valence-electron chi connectivity index (χ4n) is 4.90. The maximum atomic E-state index is 13.3. The number of alkyl halides is 3. The number of benzene rings is 1. The molecular weight excluding hydrogens is 495 g/mol. The summed E-state index contributed by atoms with van der Waals surface area (Å²) < 4.78 is 41.6. The molecule has 186 valence electrons. The molecule has 5 rings (SSSR count). The largest absolute Gasteiger partial charge is 0.419 e. The highest BCUT2D eigenvalue weighted by Crippen LogP contribution is 2.44. The number of amides is 2. The zero-order chi connectivity index (χ0) is 25.8. The van der Waals surface area contributed by atoms with Crippen LogP contribution in [0.4, 0.5) is 23.8 Å². The molecule has 1 saturated heterocycles. The van der Waals surface area contributed by atoms with Gasteiger partial charge in [-0.3, -0.25) is 4.68 Å². The van der Waals surface area contributed by atoms with E-state index < -0.39 is 17.6 Å². The Kier molecular flexibility index (Phi) is 5.59. The molecule has 12 heteroatoms. The minimum absolute atomic E-state index is 0.232. The number of aromatic nitrogens is 3. The molecule has 3 aromatic rings. The van der Waals surface area contributed by atoms with E-state index in [1.54, 1.807) is 33.8 Å². The number of aryl methyl sites for hydroxylation is 1. The standard InChI is InChI=1S/C24H21ClF3N7O/c1-13(16-3-2-14(9-29)6-18(16)25)32-22(36)34-11-23(12-34)4-5-35-20(23)8-19(33-35)15-7-17(24(26,27)28)21(30)31-10-15/h2-3,6-8,10,13H,4-5,11-12H2,1H3,(H2,30,31)(H,32,36)/t13-/m1/s1. The van der Waals surface area contributed by atoms with E-state index in [0.29, 0.717) is 41.5 Å². The average Bonchev–Trinajstić information content (AvgIpc) is 3.36. The number of nitrogen functional groups attached to an aromatic ring is 1. The van der Waals surface area contributed by atoms with Crippen molar-refractivity contribution in [3.8, 4) is 17.3 Å². The molecule has 1 aromatic carbocycles. The number of hydrogen-bond donors (Lipinski definition) is 2. The molecule has 36 heavy (non-hydrogen) atoms. The number of likely N-dealkylation sites (tertiary alicyclic amines) is 1. The number of pyridine rings is 1. The smallest absolute Gasteiger partial charge is 0.383 e. The molecule has 2 aliphatic heterocycles. The maximum absolute atomic E-state index is 13.3. The summed E-state index contributed by atoms with van der Waals surface area (Å²) in [5.74, 6) is -0.577. The normalized spacial score (nSPS) is 16.8. The van der Waals surface area contributed by atoms with E-state index in [1.165, 1.54) is 6.20 Å². The second-order valence-electron chi connectivity index (χ2n) is 9.20. The van der Waals surface area contributed by atoms with Crippen molar-refractivity contribution < 1.29 is 18.0 Å². The van der Waals surface area contributed by atoms with E-state index in [2.05, 4.69) is 15.4 Å². The fraction of sp³-hybridized carbons (Fsp3) is 0.333. The number of urea groups is 1. The summed E-state index contributed by atoms with van der Waals surface area (Å²) in [6.07, 6.45) is -2.55. The summed E-state index contributed by atoms with van der Waals surface area (Å²) in [6.45, 7) is 3.35. The Hall–Kier alpha value is -3.78. The molecule has 0 saturated carbocycles. The van der Waals surface area contributed by atoms with Crippen LogP contribution in [0.5, 0.6) is 0 Å². The molecule has 3 N–H and O–H groups in total. The van der Waals surface area contributed by atoms with Gasteiger partial charge in [-0.25, -0.2) is 9.78 Å². The van der Waals surface area contributed by atoms with E-state index >= 15 is 0 Å². The Bertz CT molecular complexity index is 1410. The van der Waals surface area contributed by atoms with Gasteiger partial charge in [0.1, 0.15) is 5.82 Å². The molecular formula is C24H21ClF3N7O. The number of carbonyl (C=O) groups is 1. The van der Waals surface area contributed by atoms with E-state index in [0.717, 1.165) is 18.2 Å². The molecule has 2 amide bonds. The van der Waals surface area contributed by atoms with Crippen molar-refractivity contribution in [2.45, 2.75) is 37.5 Å². The molecule has 1 fully saturated rings. The minimum atomic E-state index is -4.61. The first-order valence-corrected chi connectivity index (χ1v) is 11.5. The van der Waals surface area contributed by atoms with Gasteiger partial charge in [-0.1, -0.05) is 17.7 Å². The molecule has 0 unspecified atom stereocenters. The van der Waals surface area contributed by atoms with Crippen LogP contribution in [0.3, 0.4) is 0 Å². The zero-order valence-electron chi connectivity index (χ0n) is 19.1. The third kappa shape index (κ3) is 4.01. The second kappa shape index (κ2) is 8.41. The van der Waals surface area contributed by atoms with Crippen LogP contribution in [0.15, 0.2) is 36.5 Å². The second-order valence-corrected chi connectivity index (χ2v) is 9.61. The Morgan fingerprint density at radius 3 is 2.72 bits per heavy atom. The highest BCUT2D eigenvalue weighted by molar-refractivity contribution is 6.31. The van der Waals surface area contributed by atoms with Crippen LogP contribution in [-0.4, -0.2) is 38.8 Å². The van der Waals surface area contributed by atoms with Crippen LogP contribution < -0.4 is 11.1 Å². The predicted molar refractivity (Wildman–Crippen MR) is 126 cm³/mol. The van der Waals surface area contributed by atoms with E-state index in [4.69, 9.17) is 22.6 Å². The lowest BCUT2D eigenvalue weighted by Crippen LogP contribution is -2.62. The quantitative estimate of drug-likeness (QED) is 0.533. The van der Waals surface area contributed by atoms with Gasteiger partial charge in [0.05, 0.1) is 28.9 Å². The molecule has 0 bridgehead atoms. The van der Waals surface area contributed by atoms with Gasteiger partial charge in [0, 0.05) is 47.5 Å². The first kappa shape index (κ1) is 23.9. The number of nitrogens with one attached hydrogen (secondary N) is 1. The lowest BCUT2D eigenvalue weighted by atomic mass is 9.76. The number of rotatable bonds is 3. The van der Waals surface area contributed by atoms with E-state index in [-0.39, 0.29) is 23.1 Å². The van der Waals surface area contributed by atoms with Gasteiger partial charge < -0.3 is 16.0 Å². The molecule has 1 spiro atoms. The molecule has 8 nitrogen and oxygen atoms in total. The van der Waals surface area contributed by atoms with Crippen LogP contribution in [-0.2, 0) is 18.1 Å². The summed E-state index contributed by atoms with van der Waals surface area (Å²) in [5.41, 5.74) is 6.77. The van der Waals surface area contributed by atoms with Crippen molar-refractivity contribution in [3.63, 3.8) is 0 Å². The van der Waals surface area contributed by atoms with Gasteiger partial charge in [0.15, 0.2) is 0 Å². The van der Waals surface area contributed by atoms with Crippen molar-refractivity contribution in [1.29, 1.82) is 5.26 Å². The van der Waals surface area contributed by atoms with Crippen LogP contribution >= 0.6 is 11.6 Å².